The summed E-state index contributed by atoms with van der Waals surface area (Å²) in [6.07, 6.45) is 1.66. The number of aliphatic hydroxyl groups excluding tert-OH is 1. The fraction of sp³-hybridized carbons (Fsp3) is 0.368. The molecule has 3 N–H and O–H groups in total. The monoisotopic (exact) mass is 327 g/mol. The van der Waals surface area contributed by atoms with Crippen molar-refractivity contribution in [2.45, 2.75) is 19.8 Å². The molecule has 0 saturated carbocycles. The summed E-state index contributed by atoms with van der Waals surface area (Å²) in [6, 6.07) is 13.6. The molecule has 24 heavy (non-hydrogen) atoms. The predicted molar refractivity (Wildman–Crippen MR) is 96.2 cm³/mol. The van der Waals surface area contributed by atoms with Crippen molar-refractivity contribution in [2.75, 3.05) is 25.5 Å². The van der Waals surface area contributed by atoms with E-state index in [-0.39, 0.29) is 23.8 Å². The highest BCUT2D eigenvalue weighted by Crippen LogP contribution is 2.35. The van der Waals surface area contributed by atoms with Gasteiger partial charge in [-0.3, -0.25) is 4.79 Å². The molecule has 1 aromatic heterocycles. The van der Waals surface area contributed by atoms with Crippen molar-refractivity contribution in [3.63, 3.8) is 0 Å². The van der Waals surface area contributed by atoms with Crippen molar-refractivity contribution < 1.29 is 9.90 Å². The minimum Gasteiger partial charge on any atom is -0.396 e. The summed E-state index contributed by atoms with van der Waals surface area (Å²) in [4.78, 5) is 16.3. The molecular formula is C19H25N3O2. The zero-order valence-corrected chi connectivity index (χ0v) is 14.4. The number of aliphatic hydroxyl groups is 1. The molecule has 0 aliphatic carbocycles. The van der Waals surface area contributed by atoms with Crippen LogP contribution in [0, 0.1) is 5.41 Å². The summed E-state index contributed by atoms with van der Waals surface area (Å²) in [5.41, 5.74) is 1.34. The largest absolute Gasteiger partial charge is 0.396 e. The van der Waals surface area contributed by atoms with Gasteiger partial charge >= 0.3 is 0 Å². The number of pyridine rings is 1. The van der Waals surface area contributed by atoms with E-state index in [1.54, 1.807) is 25.4 Å². The molecule has 0 aliphatic heterocycles. The number of anilines is 1. The molecule has 2 rings (SSSR count). The van der Waals surface area contributed by atoms with E-state index >= 15 is 0 Å². The number of nitrogens with zero attached hydrogens (tertiary/aromatic N) is 1. The summed E-state index contributed by atoms with van der Waals surface area (Å²) in [7, 11) is 1.60. The maximum atomic E-state index is 12.0. The first-order valence-electron chi connectivity index (χ1n) is 8.06. The first kappa shape index (κ1) is 17.9. The molecule has 0 radical (unpaired) electrons. The molecule has 2 aromatic rings. The molecule has 1 aromatic carbocycles. The van der Waals surface area contributed by atoms with Crippen molar-refractivity contribution in [2.24, 2.45) is 5.41 Å². The van der Waals surface area contributed by atoms with E-state index in [0.29, 0.717) is 17.9 Å². The Morgan fingerprint density at radius 1 is 1.21 bits per heavy atom. The number of carbonyl (C=O) groups is 1. The van der Waals surface area contributed by atoms with Crippen LogP contribution in [-0.4, -0.2) is 36.2 Å². The molecule has 5 heteroatoms. The van der Waals surface area contributed by atoms with Gasteiger partial charge in [0.25, 0.3) is 5.91 Å². The molecule has 0 aliphatic rings. The number of carbonyl (C=O) groups excluding carboxylic acids is 1. The fourth-order valence-electron chi connectivity index (χ4n) is 2.70. The summed E-state index contributed by atoms with van der Waals surface area (Å²) < 4.78 is 0. The Morgan fingerprint density at radius 2 is 1.92 bits per heavy atom. The predicted octanol–water partition coefficient (Wildman–Crippen LogP) is 2.66. The SMILES string of the molecule is CNC(=O)c1cccnc1NCC(c1ccccc1)C(C)(C)CO. The van der Waals surface area contributed by atoms with Crippen LogP contribution in [0.3, 0.4) is 0 Å². The molecule has 1 atom stereocenters. The number of aromatic nitrogens is 1. The van der Waals surface area contributed by atoms with Gasteiger partial charge in [-0.2, -0.15) is 0 Å². The third-order valence-corrected chi connectivity index (χ3v) is 4.31. The molecule has 1 unspecified atom stereocenters. The standard InChI is InChI=1S/C19H25N3O2/c1-19(2,13-23)16(14-8-5-4-6-9-14)12-22-17-15(18(24)20-3)10-7-11-21-17/h4-11,16,23H,12-13H2,1-3H3,(H,20,24)(H,21,22). The van der Waals surface area contributed by atoms with Crippen LogP contribution >= 0.6 is 0 Å². The summed E-state index contributed by atoms with van der Waals surface area (Å²) in [5.74, 6) is 0.443. The quantitative estimate of drug-likeness (QED) is 0.731. The van der Waals surface area contributed by atoms with Crippen molar-refractivity contribution in [1.29, 1.82) is 0 Å². The lowest BCUT2D eigenvalue weighted by atomic mass is 9.75. The number of hydrogen-bond acceptors (Lipinski definition) is 4. The van der Waals surface area contributed by atoms with Crippen LogP contribution < -0.4 is 10.6 Å². The fourth-order valence-corrected chi connectivity index (χ4v) is 2.70. The highest BCUT2D eigenvalue weighted by atomic mass is 16.3. The maximum absolute atomic E-state index is 12.0. The van der Waals surface area contributed by atoms with Crippen LogP contribution in [-0.2, 0) is 0 Å². The van der Waals surface area contributed by atoms with E-state index < -0.39 is 0 Å². The molecular weight excluding hydrogens is 302 g/mol. The zero-order chi connectivity index (χ0) is 17.6. The van der Waals surface area contributed by atoms with Crippen LogP contribution in [0.1, 0.15) is 35.7 Å². The highest BCUT2D eigenvalue weighted by molar-refractivity contribution is 5.98. The Balaban J connectivity index is 2.25. The van der Waals surface area contributed by atoms with Gasteiger partial charge in [0, 0.05) is 32.3 Å². The molecule has 0 spiro atoms. The van der Waals surface area contributed by atoms with E-state index in [4.69, 9.17) is 0 Å². The van der Waals surface area contributed by atoms with E-state index in [2.05, 4.69) is 27.8 Å². The Hall–Kier alpha value is -2.40. The van der Waals surface area contributed by atoms with Gasteiger partial charge < -0.3 is 15.7 Å². The van der Waals surface area contributed by atoms with Gasteiger partial charge in [-0.05, 0) is 23.1 Å². The smallest absolute Gasteiger partial charge is 0.254 e. The van der Waals surface area contributed by atoms with Crippen molar-refractivity contribution in [3.8, 4) is 0 Å². The summed E-state index contributed by atoms with van der Waals surface area (Å²) in [5, 5.41) is 15.7. The van der Waals surface area contributed by atoms with E-state index in [1.165, 1.54) is 0 Å². The van der Waals surface area contributed by atoms with E-state index in [0.717, 1.165) is 5.56 Å². The average molecular weight is 327 g/mol. The topological polar surface area (TPSA) is 74.2 Å². The van der Waals surface area contributed by atoms with Gasteiger partial charge in [0.1, 0.15) is 5.82 Å². The van der Waals surface area contributed by atoms with Gasteiger partial charge in [-0.25, -0.2) is 4.98 Å². The van der Waals surface area contributed by atoms with Gasteiger partial charge in [0.15, 0.2) is 0 Å². The zero-order valence-electron chi connectivity index (χ0n) is 14.4. The third-order valence-electron chi connectivity index (χ3n) is 4.31. The van der Waals surface area contributed by atoms with Gasteiger partial charge in [0.2, 0.25) is 0 Å². The minimum absolute atomic E-state index is 0.0682. The van der Waals surface area contributed by atoms with E-state index in [1.807, 2.05) is 32.0 Å². The second-order valence-corrected chi connectivity index (χ2v) is 6.47. The number of amides is 1. The molecule has 0 bridgehead atoms. The van der Waals surface area contributed by atoms with Gasteiger partial charge in [0.05, 0.1) is 5.56 Å². The number of hydrogen-bond donors (Lipinski definition) is 3. The third kappa shape index (κ3) is 4.11. The Kier molecular flexibility index (Phi) is 5.93. The van der Waals surface area contributed by atoms with Crippen LogP contribution in [0.5, 0.6) is 0 Å². The van der Waals surface area contributed by atoms with Crippen LogP contribution in [0.25, 0.3) is 0 Å². The minimum atomic E-state index is -0.309. The molecule has 128 valence electrons. The van der Waals surface area contributed by atoms with Crippen molar-refractivity contribution in [3.05, 3.63) is 59.8 Å². The van der Waals surface area contributed by atoms with Crippen LogP contribution in [0.2, 0.25) is 0 Å². The Morgan fingerprint density at radius 3 is 2.54 bits per heavy atom. The van der Waals surface area contributed by atoms with Crippen LogP contribution in [0.15, 0.2) is 48.7 Å². The molecule has 0 fully saturated rings. The number of benzene rings is 1. The number of rotatable bonds is 7. The van der Waals surface area contributed by atoms with Crippen molar-refractivity contribution >= 4 is 11.7 Å². The molecule has 1 heterocycles. The first-order chi connectivity index (χ1) is 11.5. The van der Waals surface area contributed by atoms with Crippen molar-refractivity contribution in [1.82, 2.24) is 10.3 Å². The maximum Gasteiger partial charge on any atom is 0.254 e. The van der Waals surface area contributed by atoms with Gasteiger partial charge in [-0.1, -0.05) is 44.2 Å². The first-order valence-corrected chi connectivity index (χ1v) is 8.06. The second kappa shape index (κ2) is 7.93. The average Bonchev–Trinajstić information content (AvgIpc) is 2.62. The lowest BCUT2D eigenvalue weighted by molar-refractivity contribution is 0.0963. The highest BCUT2D eigenvalue weighted by Gasteiger charge is 2.30. The Bertz CT molecular complexity index is 671. The van der Waals surface area contributed by atoms with Gasteiger partial charge in [-0.15, -0.1) is 0 Å². The lowest BCUT2D eigenvalue weighted by Crippen LogP contribution is -2.32. The molecule has 5 nitrogen and oxygen atoms in total. The molecule has 0 saturated heterocycles. The normalized spacial score (nSPS) is 12.5. The summed E-state index contributed by atoms with van der Waals surface area (Å²) >= 11 is 0. The summed E-state index contributed by atoms with van der Waals surface area (Å²) in [6.45, 7) is 4.70. The van der Waals surface area contributed by atoms with E-state index in [9.17, 15) is 9.90 Å². The molecule has 1 amide bonds. The van der Waals surface area contributed by atoms with Crippen LogP contribution in [0.4, 0.5) is 5.82 Å². The Labute approximate surface area is 143 Å². The lowest BCUT2D eigenvalue weighted by Gasteiger charge is -2.33. The second-order valence-electron chi connectivity index (χ2n) is 6.47. The number of nitrogens with one attached hydrogen (secondary N) is 2.